The van der Waals surface area contributed by atoms with Gasteiger partial charge in [0.2, 0.25) is 0 Å². The molecule has 10 rings (SSSR count). The molecule has 0 radical (unpaired) electrons. The smallest absolute Gasteiger partial charge is 0.252 e. The first kappa shape index (κ1) is 19.8. The van der Waals surface area contributed by atoms with Gasteiger partial charge >= 0.3 is 0 Å². The summed E-state index contributed by atoms with van der Waals surface area (Å²) in [7, 11) is 0. The van der Waals surface area contributed by atoms with Gasteiger partial charge in [-0.05, 0) is 76.1 Å². The summed E-state index contributed by atoms with van der Waals surface area (Å²) in [6, 6.07) is 34.8. The van der Waals surface area contributed by atoms with Gasteiger partial charge in [0.15, 0.2) is 0 Å². The zero-order chi connectivity index (χ0) is 24.9. The monoisotopic (exact) mass is 484 g/mol. The van der Waals surface area contributed by atoms with Crippen molar-refractivity contribution in [3.8, 4) is 11.4 Å². The van der Waals surface area contributed by atoms with Crippen LogP contribution in [0.2, 0.25) is 0 Å². The highest BCUT2D eigenvalue weighted by molar-refractivity contribution is 7.00. The number of rotatable bonds is 0. The third-order valence-electron chi connectivity index (χ3n) is 9.66. The van der Waals surface area contributed by atoms with E-state index in [-0.39, 0.29) is 6.71 Å². The van der Waals surface area contributed by atoms with Gasteiger partial charge < -0.3 is 9.13 Å². The van der Waals surface area contributed by atoms with E-state index in [0.717, 1.165) is 12.8 Å². The van der Waals surface area contributed by atoms with E-state index >= 15 is 0 Å². The van der Waals surface area contributed by atoms with Gasteiger partial charge in [0.25, 0.3) is 6.71 Å². The molecule has 0 amide bonds. The standard InChI is InChI=1S/C35H25BN2/c1-35(2)18-20-16-25-23-9-7-11-27-33(23)38(31(25)17-21(20)19-35)30-15-14-24-22-8-3-5-12-28(22)37-29-13-6-4-10-26(29)36(27)32(30)34(24)37/h3-17H,18-19H2,1-2H3. The molecule has 2 aliphatic heterocycles. The number of fused-ring (bicyclic) bond motifs is 12. The summed E-state index contributed by atoms with van der Waals surface area (Å²) >= 11 is 0. The van der Waals surface area contributed by atoms with Crippen LogP contribution in [0.1, 0.15) is 25.0 Å². The van der Waals surface area contributed by atoms with Crippen molar-refractivity contribution < 1.29 is 0 Å². The Morgan fingerprint density at radius 1 is 0.579 bits per heavy atom. The van der Waals surface area contributed by atoms with Gasteiger partial charge in [-0.25, -0.2) is 0 Å². The second-order valence-corrected chi connectivity index (χ2v) is 12.5. The van der Waals surface area contributed by atoms with Crippen molar-refractivity contribution in [1.82, 2.24) is 9.13 Å². The number of nitrogens with zero attached hydrogens (tertiary/aromatic N) is 2. The molecule has 3 heteroatoms. The van der Waals surface area contributed by atoms with E-state index in [1.54, 1.807) is 0 Å². The molecule has 0 unspecified atom stereocenters. The number of hydrogen-bond acceptors (Lipinski definition) is 0. The van der Waals surface area contributed by atoms with Crippen molar-refractivity contribution >= 4 is 66.7 Å². The van der Waals surface area contributed by atoms with Gasteiger partial charge in [-0.3, -0.25) is 0 Å². The lowest BCUT2D eigenvalue weighted by molar-refractivity contribution is 0.392. The fraction of sp³-hybridized carbons (Fsp3) is 0.143. The van der Waals surface area contributed by atoms with Crippen LogP contribution in [0.4, 0.5) is 0 Å². The molecule has 0 N–H and O–H groups in total. The molecular weight excluding hydrogens is 459 g/mol. The van der Waals surface area contributed by atoms with Crippen LogP contribution in [0, 0.1) is 5.41 Å². The molecule has 5 aromatic carbocycles. The molecule has 178 valence electrons. The van der Waals surface area contributed by atoms with Crippen LogP contribution < -0.4 is 16.4 Å². The van der Waals surface area contributed by atoms with Crippen LogP contribution in [0.3, 0.4) is 0 Å². The highest BCUT2D eigenvalue weighted by atomic mass is 15.0. The average molecular weight is 484 g/mol. The lowest BCUT2D eigenvalue weighted by atomic mass is 9.34. The number of benzene rings is 5. The Morgan fingerprint density at radius 2 is 1.29 bits per heavy atom. The van der Waals surface area contributed by atoms with E-state index in [9.17, 15) is 0 Å². The van der Waals surface area contributed by atoms with Crippen LogP contribution in [0.25, 0.3) is 55.0 Å². The Labute approximate surface area is 221 Å². The molecule has 0 atom stereocenters. The molecule has 0 fully saturated rings. The molecule has 1 aliphatic carbocycles. The van der Waals surface area contributed by atoms with Crippen LogP contribution in [0.5, 0.6) is 0 Å². The van der Waals surface area contributed by atoms with E-state index in [0.29, 0.717) is 5.41 Å². The van der Waals surface area contributed by atoms with Crippen molar-refractivity contribution in [2.45, 2.75) is 26.7 Å². The summed E-state index contributed by atoms with van der Waals surface area (Å²) < 4.78 is 5.14. The fourth-order valence-corrected chi connectivity index (χ4v) is 8.35. The summed E-state index contributed by atoms with van der Waals surface area (Å²) in [4.78, 5) is 0. The van der Waals surface area contributed by atoms with E-state index in [1.807, 2.05) is 0 Å². The van der Waals surface area contributed by atoms with Gasteiger partial charge in [0.05, 0.1) is 16.6 Å². The minimum atomic E-state index is 0.230. The Hall–Kier alpha value is -4.24. The van der Waals surface area contributed by atoms with Crippen LogP contribution >= 0.6 is 0 Å². The summed E-state index contributed by atoms with van der Waals surface area (Å²) in [5.74, 6) is 0. The molecule has 7 aromatic rings. The number of aromatic nitrogens is 2. The molecule has 0 spiro atoms. The normalized spacial score (nSPS) is 16.1. The molecule has 0 saturated carbocycles. The maximum absolute atomic E-state index is 2.60. The summed E-state index contributed by atoms with van der Waals surface area (Å²) in [6.07, 6.45) is 2.32. The quantitative estimate of drug-likeness (QED) is 0.229. The molecular formula is C35H25BN2. The predicted octanol–water partition coefficient (Wildman–Crippen LogP) is 6.15. The Balaban J connectivity index is 1.45. The van der Waals surface area contributed by atoms with Gasteiger partial charge in [0.1, 0.15) is 0 Å². The topological polar surface area (TPSA) is 9.86 Å². The van der Waals surface area contributed by atoms with Crippen molar-refractivity contribution in [1.29, 1.82) is 0 Å². The zero-order valence-corrected chi connectivity index (χ0v) is 21.5. The fourth-order valence-electron chi connectivity index (χ4n) is 8.35. The maximum atomic E-state index is 2.60. The lowest BCUT2D eigenvalue weighted by Crippen LogP contribution is -2.59. The molecule has 0 saturated heterocycles. The minimum Gasteiger partial charge on any atom is -0.310 e. The first-order valence-electron chi connectivity index (χ1n) is 13.8. The third-order valence-corrected chi connectivity index (χ3v) is 9.66. The van der Waals surface area contributed by atoms with Crippen LogP contribution in [-0.2, 0) is 12.8 Å². The van der Waals surface area contributed by atoms with E-state index in [1.165, 1.54) is 82.5 Å². The lowest BCUT2D eigenvalue weighted by Gasteiger charge is -2.33. The Bertz CT molecular complexity index is 2230. The van der Waals surface area contributed by atoms with Crippen LogP contribution in [-0.4, -0.2) is 15.8 Å². The molecule has 4 heterocycles. The molecule has 3 aliphatic rings. The molecule has 0 bridgehead atoms. The summed E-state index contributed by atoms with van der Waals surface area (Å²) in [6.45, 7) is 5.04. The van der Waals surface area contributed by atoms with Gasteiger partial charge in [0, 0.05) is 38.4 Å². The predicted molar refractivity (Wildman–Crippen MR) is 161 cm³/mol. The summed E-state index contributed by atoms with van der Waals surface area (Å²) in [5, 5.41) is 5.48. The summed E-state index contributed by atoms with van der Waals surface area (Å²) in [5.41, 5.74) is 15.8. The molecule has 2 nitrogen and oxygen atoms in total. The molecule has 2 aromatic heterocycles. The molecule has 38 heavy (non-hydrogen) atoms. The highest BCUT2D eigenvalue weighted by Gasteiger charge is 2.40. The van der Waals surface area contributed by atoms with Crippen molar-refractivity contribution in [3.05, 3.63) is 102 Å². The minimum absolute atomic E-state index is 0.230. The number of para-hydroxylation sites is 3. The highest BCUT2D eigenvalue weighted by Crippen LogP contribution is 2.43. The van der Waals surface area contributed by atoms with Crippen molar-refractivity contribution in [2.75, 3.05) is 0 Å². The van der Waals surface area contributed by atoms with Crippen molar-refractivity contribution in [3.63, 3.8) is 0 Å². The van der Waals surface area contributed by atoms with E-state index in [4.69, 9.17) is 0 Å². The SMILES string of the molecule is CC1(C)Cc2cc3c4cccc5c4n(c3cc2C1)-c1ccc2c3ccccc3n3c2c1B5c1ccccc1-3. The third kappa shape index (κ3) is 2.13. The van der Waals surface area contributed by atoms with Crippen LogP contribution in [0.15, 0.2) is 91.0 Å². The van der Waals surface area contributed by atoms with Gasteiger partial charge in [-0.2, -0.15) is 0 Å². The first-order chi connectivity index (χ1) is 18.6. The first-order valence-corrected chi connectivity index (χ1v) is 13.8. The van der Waals surface area contributed by atoms with Gasteiger partial charge in [-0.1, -0.05) is 74.5 Å². The maximum Gasteiger partial charge on any atom is 0.252 e. The Kier molecular flexibility index (Phi) is 3.26. The Morgan fingerprint density at radius 3 is 2.21 bits per heavy atom. The van der Waals surface area contributed by atoms with E-state index in [2.05, 4.69) is 114 Å². The second-order valence-electron chi connectivity index (χ2n) is 12.5. The number of hydrogen-bond donors (Lipinski definition) is 0. The van der Waals surface area contributed by atoms with E-state index < -0.39 is 0 Å². The average Bonchev–Trinajstić information content (AvgIpc) is 3.54. The van der Waals surface area contributed by atoms with Gasteiger partial charge in [-0.15, -0.1) is 0 Å². The zero-order valence-electron chi connectivity index (χ0n) is 21.5. The largest absolute Gasteiger partial charge is 0.310 e. The second kappa shape index (κ2) is 6.24. The van der Waals surface area contributed by atoms with Crippen molar-refractivity contribution in [2.24, 2.45) is 5.41 Å².